The molecule has 102 valence electrons. The molecule has 3 heterocycles. The predicted molar refractivity (Wildman–Crippen MR) is 84.7 cm³/mol. The van der Waals surface area contributed by atoms with Gasteiger partial charge in [-0.1, -0.05) is 17.7 Å². The van der Waals surface area contributed by atoms with E-state index in [0.717, 1.165) is 27.4 Å². The lowest BCUT2D eigenvalue weighted by molar-refractivity contribution is 1.31. The summed E-state index contributed by atoms with van der Waals surface area (Å²) in [6.45, 7) is 0. The van der Waals surface area contributed by atoms with Crippen LogP contribution in [0.5, 0.6) is 0 Å². The molecule has 0 spiro atoms. The monoisotopic (exact) mass is 295 g/mol. The van der Waals surface area contributed by atoms with Crippen molar-refractivity contribution < 1.29 is 0 Å². The fraction of sp³-hybridized carbons (Fsp3) is 0. The Kier molecular flexibility index (Phi) is 2.59. The molecule has 0 atom stereocenters. The number of fused-ring (bicyclic) bond motifs is 3. The normalized spacial score (nSPS) is 11.3. The van der Waals surface area contributed by atoms with Gasteiger partial charge in [-0.05, 0) is 35.9 Å². The molecule has 0 aliphatic heterocycles. The molecular weight excluding hydrogens is 286 g/mol. The minimum atomic E-state index is -0.108. The van der Waals surface area contributed by atoms with Crippen LogP contribution in [0.2, 0.25) is 5.15 Å². The highest BCUT2D eigenvalue weighted by molar-refractivity contribution is 6.29. The molecular formula is C16H10ClN3O. The van der Waals surface area contributed by atoms with Gasteiger partial charge in [-0.3, -0.25) is 4.79 Å². The van der Waals surface area contributed by atoms with E-state index < -0.39 is 0 Å². The van der Waals surface area contributed by atoms with Crippen LogP contribution >= 0.6 is 11.6 Å². The van der Waals surface area contributed by atoms with Crippen molar-refractivity contribution >= 4 is 33.4 Å². The van der Waals surface area contributed by atoms with Crippen molar-refractivity contribution in [1.29, 1.82) is 0 Å². The first kappa shape index (κ1) is 12.2. The Morgan fingerprint density at radius 1 is 1.00 bits per heavy atom. The number of benzene rings is 1. The van der Waals surface area contributed by atoms with Crippen LogP contribution in [0.3, 0.4) is 0 Å². The lowest BCUT2D eigenvalue weighted by Gasteiger charge is -2.05. The Bertz CT molecular complexity index is 1020. The van der Waals surface area contributed by atoms with E-state index in [0.29, 0.717) is 10.7 Å². The minimum absolute atomic E-state index is 0.108. The summed E-state index contributed by atoms with van der Waals surface area (Å²) in [6.07, 6.45) is 3.51. The number of hydrogen-bond acceptors (Lipinski definition) is 2. The molecule has 5 heteroatoms. The van der Waals surface area contributed by atoms with E-state index >= 15 is 0 Å². The number of pyridine rings is 2. The summed E-state index contributed by atoms with van der Waals surface area (Å²) in [6, 6.07) is 11.5. The van der Waals surface area contributed by atoms with E-state index in [4.69, 9.17) is 11.6 Å². The van der Waals surface area contributed by atoms with Crippen molar-refractivity contribution in [2.45, 2.75) is 0 Å². The second-order valence-electron chi connectivity index (χ2n) is 4.85. The van der Waals surface area contributed by atoms with E-state index in [9.17, 15) is 4.79 Å². The highest BCUT2D eigenvalue weighted by atomic mass is 35.5. The number of aromatic nitrogens is 3. The number of rotatable bonds is 1. The summed E-state index contributed by atoms with van der Waals surface area (Å²) in [5, 5.41) is 2.38. The van der Waals surface area contributed by atoms with Gasteiger partial charge >= 0.3 is 0 Å². The standard InChI is InChI=1S/C16H10ClN3O/c17-14-4-2-10(8-19-14)9-1-3-13-12(7-9)11-5-6-18-15(11)16(21)20-13/h1-8,18H,(H,20,21). The van der Waals surface area contributed by atoms with Crippen LogP contribution in [0, 0.1) is 0 Å². The topological polar surface area (TPSA) is 61.5 Å². The highest BCUT2D eigenvalue weighted by Crippen LogP contribution is 2.27. The van der Waals surface area contributed by atoms with Crippen molar-refractivity contribution in [3.8, 4) is 11.1 Å². The molecule has 4 rings (SSSR count). The summed E-state index contributed by atoms with van der Waals surface area (Å²) >= 11 is 5.82. The van der Waals surface area contributed by atoms with Gasteiger partial charge in [-0.25, -0.2) is 4.98 Å². The molecule has 4 aromatic rings. The number of hydrogen-bond donors (Lipinski definition) is 2. The van der Waals surface area contributed by atoms with Gasteiger partial charge in [0.1, 0.15) is 10.7 Å². The predicted octanol–water partition coefficient (Wildman–Crippen LogP) is 3.72. The van der Waals surface area contributed by atoms with Gasteiger partial charge in [0.25, 0.3) is 5.56 Å². The molecule has 0 unspecified atom stereocenters. The number of nitrogens with one attached hydrogen (secondary N) is 2. The third kappa shape index (κ3) is 1.92. The first-order chi connectivity index (χ1) is 10.2. The fourth-order valence-electron chi connectivity index (χ4n) is 2.57. The Morgan fingerprint density at radius 3 is 2.67 bits per heavy atom. The Hall–Kier alpha value is -2.59. The van der Waals surface area contributed by atoms with Gasteiger partial charge in [-0.2, -0.15) is 0 Å². The summed E-state index contributed by atoms with van der Waals surface area (Å²) in [4.78, 5) is 21.9. The van der Waals surface area contributed by atoms with Crippen LogP contribution in [0.15, 0.2) is 53.6 Å². The molecule has 0 saturated heterocycles. The van der Waals surface area contributed by atoms with Gasteiger partial charge in [0, 0.05) is 34.2 Å². The lowest BCUT2D eigenvalue weighted by atomic mass is 10.0. The number of aromatic amines is 2. The molecule has 2 N–H and O–H groups in total. The van der Waals surface area contributed by atoms with E-state index in [-0.39, 0.29) is 5.56 Å². The molecule has 0 fully saturated rings. The van der Waals surface area contributed by atoms with Gasteiger partial charge in [0.15, 0.2) is 0 Å². The molecule has 0 saturated carbocycles. The van der Waals surface area contributed by atoms with Crippen molar-refractivity contribution in [3.63, 3.8) is 0 Å². The van der Waals surface area contributed by atoms with Crippen LogP contribution in [0.1, 0.15) is 0 Å². The largest absolute Gasteiger partial charge is 0.357 e. The van der Waals surface area contributed by atoms with E-state index in [1.807, 2.05) is 30.3 Å². The maximum atomic E-state index is 11.9. The quantitative estimate of drug-likeness (QED) is 0.526. The number of H-pyrrole nitrogens is 2. The van der Waals surface area contributed by atoms with Crippen molar-refractivity contribution in [1.82, 2.24) is 15.0 Å². The highest BCUT2D eigenvalue weighted by Gasteiger charge is 2.07. The van der Waals surface area contributed by atoms with Gasteiger partial charge in [0.2, 0.25) is 0 Å². The first-order valence-electron chi connectivity index (χ1n) is 6.47. The van der Waals surface area contributed by atoms with Crippen molar-refractivity contribution in [2.24, 2.45) is 0 Å². The fourth-order valence-corrected chi connectivity index (χ4v) is 2.68. The zero-order valence-electron chi connectivity index (χ0n) is 10.9. The second kappa shape index (κ2) is 4.46. The SMILES string of the molecule is O=c1[nH]c2ccc(-c3ccc(Cl)nc3)cc2c2cc[nH]c12. The van der Waals surface area contributed by atoms with Crippen LogP contribution in [0.4, 0.5) is 0 Å². The van der Waals surface area contributed by atoms with E-state index in [1.165, 1.54) is 0 Å². The molecule has 21 heavy (non-hydrogen) atoms. The van der Waals surface area contributed by atoms with Gasteiger partial charge in [0.05, 0.1) is 0 Å². The smallest absolute Gasteiger partial charge is 0.272 e. The molecule has 0 aliphatic carbocycles. The average molecular weight is 296 g/mol. The van der Waals surface area contributed by atoms with Crippen molar-refractivity contribution in [3.05, 3.63) is 64.3 Å². The molecule has 0 bridgehead atoms. The average Bonchev–Trinajstić information content (AvgIpc) is 2.98. The second-order valence-corrected chi connectivity index (χ2v) is 5.24. The first-order valence-corrected chi connectivity index (χ1v) is 6.85. The third-order valence-corrected chi connectivity index (χ3v) is 3.82. The van der Waals surface area contributed by atoms with Crippen LogP contribution in [-0.2, 0) is 0 Å². The third-order valence-electron chi connectivity index (χ3n) is 3.59. The lowest BCUT2D eigenvalue weighted by Crippen LogP contribution is -2.05. The number of nitrogens with zero attached hydrogens (tertiary/aromatic N) is 1. The summed E-state index contributed by atoms with van der Waals surface area (Å²) in [5.74, 6) is 0. The summed E-state index contributed by atoms with van der Waals surface area (Å²) in [5.41, 5.74) is 3.31. The molecule has 0 amide bonds. The van der Waals surface area contributed by atoms with Gasteiger partial charge < -0.3 is 9.97 Å². The van der Waals surface area contributed by atoms with E-state index in [2.05, 4.69) is 15.0 Å². The van der Waals surface area contributed by atoms with E-state index in [1.54, 1.807) is 18.5 Å². The van der Waals surface area contributed by atoms with Crippen LogP contribution in [0.25, 0.3) is 32.9 Å². The maximum absolute atomic E-state index is 11.9. The van der Waals surface area contributed by atoms with Crippen molar-refractivity contribution in [2.75, 3.05) is 0 Å². The summed E-state index contributed by atoms with van der Waals surface area (Å²) in [7, 11) is 0. The zero-order chi connectivity index (χ0) is 14.4. The Balaban J connectivity index is 2.03. The van der Waals surface area contributed by atoms with Crippen LogP contribution in [-0.4, -0.2) is 15.0 Å². The molecule has 1 aromatic carbocycles. The van der Waals surface area contributed by atoms with Crippen LogP contribution < -0.4 is 5.56 Å². The minimum Gasteiger partial charge on any atom is -0.357 e. The summed E-state index contributed by atoms with van der Waals surface area (Å²) < 4.78 is 0. The molecule has 3 aromatic heterocycles. The Morgan fingerprint density at radius 2 is 1.86 bits per heavy atom. The van der Waals surface area contributed by atoms with Gasteiger partial charge in [-0.15, -0.1) is 0 Å². The Labute approximate surface area is 124 Å². The molecule has 4 nitrogen and oxygen atoms in total. The maximum Gasteiger partial charge on any atom is 0.272 e. The zero-order valence-corrected chi connectivity index (χ0v) is 11.6. The number of halogens is 1. The molecule has 0 radical (unpaired) electrons. The molecule has 0 aliphatic rings.